The highest BCUT2D eigenvalue weighted by Gasteiger charge is 2.24. The van der Waals surface area contributed by atoms with Crippen molar-refractivity contribution in [2.45, 2.75) is 25.9 Å². The maximum absolute atomic E-state index is 10.9. The van der Waals surface area contributed by atoms with Crippen LogP contribution < -0.4 is 5.01 Å². The molecule has 0 amide bonds. The lowest BCUT2D eigenvalue weighted by Crippen LogP contribution is -2.14. The van der Waals surface area contributed by atoms with Gasteiger partial charge < -0.3 is 9.84 Å². The zero-order valence-corrected chi connectivity index (χ0v) is 11.7. The van der Waals surface area contributed by atoms with Crippen molar-refractivity contribution in [3.8, 4) is 0 Å². The molecule has 1 aliphatic rings. The number of nitrogens with zero attached hydrogens (tertiary/aromatic N) is 3. The lowest BCUT2D eigenvalue weighted by molar-refractivity contribution is 0.0696. The Labute approximate surface area is 121 Å². The van der Waals surface area contributed by atoms with E-state index in [2.05, 4.69) is 16.7 Å². The molecular formula is C13H14ClN3O3. The van der Waals surface area contributed by atoms with Gasteiger partial charge in [0.25, 0.3) is 0 Å². The number of carboxylic acids is 1. The molecule has 7 heteroatoms. The number of carboxylic acid groups (broad SMARTS) is 1. The molecule has 0 bridgehead atoms. The summed E-state index contributed by atoms with van der Waals surface area (Å²) in [5.41, 5.74) is -0.0608. The van der Waals surface area contributed by atoms with Gasteiger partial charge in [0, 0.05) is 13.1 Å². The zero-order chi connectivity index (χ0) is 14.7. The SMILES string of the molecule is C=CN(/N=C(\C)OC1CC1)c1ccc(C(=O)O)c(Cl)n1. The third-order valence-corrected chi connectivity index (χ3v) is 2.87. The molecule has 0 atom stereocenters. The fraction of sp³-hybridized carbons (Fsp3) is 0.308. The summed E-state index contributed by atoms with van der Waals surface area (Å²) < 4.78 is 5.51. The Morgan fingerprint density at radius 3 is 2.85 bits per heavy atom. The number of aromatic carboxylic acids is 1. The Balaban J connectivity index is 2.20. The van der Waals surface area contributed by atoms with E-state index in [0.29, 0.717) is 11.7 Å². The van der Waals surface area contributed by atoms with Crippen LogP contribution in [0.3, 0.4) is 0 Å². The summed E-state index contributed by atoms with van der Waals surface area (Å²) in [6, 6.07) is 2.88. The van der Waals surface area contributed by atoms with Gasteiger partial charge in [-0.25, -0.2) is 14.8 Å². The molecule has 0 spiro atoms. The Bertz CT molecular complexity index is 570. The molecule has 1 fully saturated rings. The lowest BCUT2D eigenvalue weighted by Gasteiger charge is -2.15. The summed E-state index contributed by atoms with van der Waals surface area (Å²) >= 11 is 5.82. The molecule has 0 saturated heterocycles. The van der Waals surface area contributed by atoms with Crippen molar-refractivity contribution in [2.24, 2.45) is 5.10 Å². The van der Waals surface area contributed by atoms with Crippen molar-refractivity contribution < 1.29 is 14.6 Å². The normalized spacial score (nSPS) is 14.8. The molecular weight excluding hydrogens is 282 g/mol. The molecule has 1 aliphatic carbocycles. The summed E-state index contributed by atoms with van der Waals surface area (Å²) in [6.07, 6.45) is 3.77. The topological polar surface area (TPSA) is 75.0 Å². The average molecular weight is 296 g/mol. The maximum atomic E-state index is 10.9. The molecule has 1 aromatic rings. The predicted octanol–water partition coefficient (Wildman–Crippen LogP) is 2.90. The fourth-order valence-corrected chi connectivity index (χ4v) is 1.73. The van der Waals surface area contributed by atoms with Gasteiger partial charge in [0.05, 0.1) is 5.56 Å². The van der Waals surface area contributed by atoms with Crippen molar-refractivity contribution in [3.63, 3.8) is 0 Å². The number of hydrazone groups is 1. The van der Waals surface area contributed by atoms with E-state index >= 15 is 0 Å². The first-order chi connectivity index (χ1) is 9.51. The van der Waals surface area contributed by atoms with Gasteiger partial charge in [-0.05, 0) is 25.0 Å². The van der Waals surface area contributed by atoms with E-state index in [1.807, 2.05) is 0 Å². The van der Waals surface area contributed by atoms with Gasteiger partial charge in [0.2, 0.25) is 5.90 Å². The maximum Gasteiger partial charge on any atom is 0.338 e. The van der Waals surface area contributed by atoms with Crippen molar-refractivity contribution in [2.75, 3.05) is 5.01 Å². The first-order valence-electron chi connectivity index (χ1n) is 6.04. The minimum Gasteiger partial charge on any atom is -0.478 e. The van der Waals surface area contributed by atoms with Crippen molar-refractivity contribution >= 4 is 29.3 Å². The van der Waals surface area contributed by atoms with Crippen LogP contribution in [0.25, 0.3) is 0 Å². The van der Waals surface area contributed by atoms with E-state index < -0.39 is 5.97 Å². The van der Waals surface area contributed by atoms with E-state index in [-0.39, 0.29) is 16.8 Å². The predicted molar refractivity (Wildman–Crippen MR) is 76.1 cm³/mol. The summed E-state index contributed by atoms with van der Waals surface area (Å²) in [5, 5.41) is 14.4. The molecule has 0 radical (unpaired) electrons. The molecule has 0 aromatic carbocycles. The Hall–Kier alpha value is -2.08. The highest BCUT2D eigenvalue weighted by molar-refractivity contribution is 6.32. The molecule has 6 nitrogen and oxygen atoms in total. The monoisotopic (exact) mass is 295 g/mol. The smallest absolute Gasteiger partial charge is 0.338 e. The van der Waals surface area contributed by atoms with Crippen LogP contribution in [0.4, 0.5) is 5.82 Å². The number of carbonyl (C=O) groups is 1. The van der Waals surface area contributed by atoms with Crippen LogP contribution in [-0.4, -0.2) is 28.1 Å². The number of hydrogen-bond acceptors (Lipinski definition) is 5. The first kappa shape index (κ1) is 14.3. The molecule has 1 aromatic heterocycles. The number of pyridine rings is 1. The van der Waals surface area contributed by atoms with Crippen LogP contribution in [-0.2, 0) is 4.74 Å². The molecule has 1 saturated carbocycles. The summed E-state index contributed by atoms with van der Waals surface area (Å²) in [5.74, 6) is -0.266. The van der Waals surface area contributed by atoms with E-state index in [9.17, 15) is 4.79 Å². The van der Waals surface area contributed by atoms with Crippen LogP contribution in [0.15, 0.2) is 30.0 Å². The molecule has 0 unspecified atom stereocenters. The second-order valence-electron chi connectivity index (χ2n) is 4.28. The number of halogens is 1. The number of ether oxygens (including phenoxy) is 1. The van der Waals surface area contributed by atoms with E-state index in [1.54, 1.807) is 6.92 Å². The van der Waals surface area contributed by atoms with E-state index in [1.165, 1.54) is 23.3 Å². The van der Waals surface area contributed by atoms with Crippen molar-refractivity contribution in [3.05, 3.63) is 35.6 Å². The highest BCUT2D eigenvalue weighted by atomic mass is 35.5. The zero-order valence-electron chi connectivity index (χ0n) is 10.9. The van der Waals surface area contributed by atoms with Gasteiger partial charge in [-0.1, -0.05) is 18.2 Å². The fourth-order valence-electron chi connectivity index (χ4n) is 1.50. The Kier molecular flexibility index (Phi) is 4.24. The first-order valence-corrected chi connectivity index (χ1v) is 6.42. The van der Waals surface area contributed by atoms with Crippen molar-refractivity contribution in [1.29, 1.82) is 0 Å². The van der Waals surface area contributed by atoms with E-state index in [0.717, 1.165) is 12.8 Å². The van der Waals surface area contributed by atoms with Gasteiger partial charge >= 0.3 is 5.97 Å². The second-order valence-corrected chi connectivity index (χ2v) is 4.63. The number of anilines is 1. The van der Waals surface area contributed by atoms with Crippen LogP contribution in [0.5, 0.6) is 0 Å². The third-order valence-electron chi connectivity index (χ3n) is 2.58. The number of rotatable bonds is 5. The largest absolute Gasteiger partial charge is 0.478 e. The van der Waals surface area contributed by atoms with Crippen LogP contribution in [0, 0.1) is 0 Å². The highest BCUT2D eigenvalue weighted by Crippen LogP contribution is 2.24. The molecule has 20 heavy (non-hydrogen) atoms. The van der Waals surface area contributed by atoms with Gasteiger partial charge in [0.1, 0.15) is 11.3 Å². The van der Waals surface area contributed by atoms with Crippen LogP contribution >= 0.6 is 11.6 Å². The standard InChI is InChI=1S/C13H14ClN3O3/c1-3-17(16-8(2)20-9-4-5-9)11-7-6-10(13(18)19)12(14)15-11/h3,6-7,9H,1,4-5H2,2H3,(H,18,19)/b16-8+. The summed E-state index contributed by atoms with van der Waals surface area (Å²) in [4.78, 5) is 14.9. The quantitative estimate of drug-likeness (QED) is 0.391. The minimum atomic E-state index is -1.13. The molecule has 1 heterocycles. The number of aromatic nitrogens is 1. The van der Waals surface area contributed by atoms with Gasteiger partial charge in [-0.2, -0.15) is 0 Å². The molecule has 0 aliphatic heterocycles. The Morgan fingerprint density at radius 2 is 2.35 bits per heavy atom. The lowest BCUT2D eigenvalue weighted by atomic mass is 10.3. The number of hydrogen-bond donors (Lipinski definition) is 1. The summed E-state index contributed by atoms with van der Waals surface area (Å²) in [6.45, 7) is 5.37. The van der Waals surface area contributed by atoms with Crippen molar-refractivity contribution in [1.82, 2.24) is 4.98 Å². The van der Waals surface area contributed by atoms with Crippen LogP contribution in [0.1, 0.15) is 30.1 Å². The van der Waals surface area contributed by atoms with Gasteiger partial charge in [-0.3, -0.25) is 0 Å². The van der Waals surface area contributed by atoms with Crippen LogP contribution in [0.2, 0.25) is 5.15 Å². The Morgan fingerprint density at radius 1 is 1.65 bits per heavy atom. The molecule has 106 valence electrons. The van der Waals surface area contributed by atoms with Gasteiger partial charge in [0.15, 0.2) is 5.82 Å². The second kappa shape index (κ2) is 5.92. The average Bonchev–Trinajstić information content (AvgIpc) is 3.19. The molecule has 2 rings (SSSR count). The molecule has 1 N–H and O–H groups in total. The van der Waals surface area contributed by atoms with E-state index in [4.69, 9.17) is 21.4 Å². The minimum absolute atomic E-state index is 0.0608. The third kappa shape index (κ3) is 3.48. The van der Waals surface area contributed by atoms with Gasteiger partial charge in [-0.15, -0.1) is 5.10 Å². The summed E-state index contributed by atoms with van der Waals surface area (Å²) in [7, 11) is 0.